The number of benzene rings is 1. The molecule has 0 spiro atoms. The summed E-state index contributed by atoms with van der Waals surface area (Å²) in [5, 5.41) is 0. The Morgan fingerprint density at radius 3 is 2.46 bits per heavy atom. The number of hydrogen-bond donors (Lipinski definition) is 0. The average Bonchev–Trinajstić information content (AvgIpc) is 3.27. The van der Waals surface area contributed by atoms with Crippen LogP contribution in [0.3, 0.4) is 0 Å². The van der Waals surface area contributed by atoms with Gasteiger partial charge in [0.1, 0.15) is 5.75 Å². The lowest BCUT2D eigenvalue weighted by Gasteiger charge is -2.32. The molecule has 0 bridgehead atoms. The first-order chi connectivity index (χ1) is 16.8. The fourth-order valence-corrected chi connectivity index (χ4v) is 4.23. The van der Waals surface area contributed by atoms with Crippen LogP contribution in [0.15, 0.2) is 42.6 Å². The van der Waals surface area contributed by atoms with Crippen molar-refractivity contribution in [2.45, 2.75) is 85.9 Å². The van der Waals surface area contributed by atoms with Crippen LogP contribution in [0, 0.1) is 5.92 Å². The van der Waals surface area contributed by atoms with E-state index in [1.54, 1.807) is 12.0 Å². The molecule has 1 heterocycles. The van der Waals surface area contributed by atoms with Gasteiger partial charge in [0.25, 0.3) is 0 Å². The number of methoxy groups -OCH3 is 1. The van der Waals surface area contributed by atoms with Crippen LogP contribution in [0.2, 0.25) is 0 Å². The van der Waals surface area contributed by atoms with E-state index in [9.17, 15) is 9.59 Å². The number of unbranched alkanes of at least 4 members (excludes halogenated alkanes) is 2. The van der Waals surface area contributed by atoms with Crippen molar-refractivity contribution in [2.24, 2.45) is 5.92 Å². The molecule has 1 atom stereocenters. The molecular weight excluding hydrogens is 438 g/mol. The summed E-state index contributed by atoms with van der Waals surface area (Å²) in [5.41, 5.74) is 2.22. The normalized spacial score (nSPS) is 12.0. The third-order valence-electron chi connectivity index (χ3n) is 6.44. The number of hydrogen-bond acceptors (Lipinski definition) is 3. The lowest BCUT2D eigenvalue weighted by atomic mass is 10.1. The van der Waals surface area contributed by atoms with Crippen molar-refractivity contribution in [1.29, 1.82) is 0 Å². The van der Waals surface area contributed by atoms with Gasteiger partial charge in [-0.2, -0.15) is 0 Å². The zero-order valence-electron chi connectivity index (χ0n) is 22.6. The van der Waals surface area contributed by atoms with E-state index < -0.39 is 0 Å². The monoisotopic (exact) mass is 483 g/mol. The number of ether oxygens (including phenoxy) is 1. The molecule has 0 fully saturated rings. The Kier molecular flexibility index (Phi) is 11.9. The second-order valence-corrected chi connectivity index (χ2v) is 9.88. The van der Waals surface area contributed by atoms with Crippen LogP contribution in [0.25, 0.3) is 0 Å². The molecule has 0 saturated carbocycles. The molecule has 194 valence electrons. The summed E-state index contributed by atoms with van der Waals surface area (Å²) in [6, 6.07) is 12.2. The molecule has 0 N–H and O–H groups in total. The van der Waals surface area contributed by atoms with E-state index in [0.29, 0.717) is 32.0 Å². The summed E-state index contributed by atoms with van der Waals surface area (Å²) in [4.78, 5) is 30.2. The fraction of sp³-hybridized carbons (Fsp3) is 0.586. The van der Waals surface area contributed by atoms with Crippen LogP contribution in [0.1, 0.15) is 78.0 Å². The van der Waals surface area contributed by atoms with Gasteiger partial charge in [-0.05, 0) is 55.5 Å². The molecule has 35 heavy (non-hydrogen) atoms. The van der Waals surface area contributed by atoms with Gasteiger partial charge in [-0.1, -0.05) is 52.7 Å². The zero-order valence-corrected chi connectivity index (χ0v) is 22.6. The highest BCUT2D eigenvalue weighted by molar-refractivity contribution is 5.85. The Bertz CT molecular complexity index is 921. The zero-order chi connectivity index (χ0) is 25.8. The lowest BCUT2D eigenvalue weighted by Crippen LogP contribution is -2.47. The Hall–Kier alpha value is -2.76. The smallest absolute Gasteiger partial charge is 0.242 e. The highest BCUT2D eigenvalue weighted by Crippen LogP contribution is 2.18. The van der Waals surface area contributed by atoms with E-state index >= 15 is 0 Å². The van der Waals surface area contributed by atoms with Crippen LogP contribution < -0.4 is 4.74 Å². The Morgan fingerprint density at radius 1 is 1.03 bits per heavy atom. The standard InChI is InChI=1S/C29H45N3O3/c1-7-9-10-16-28(33)31(19-23(3)4)22-29(34)32(24(5)8-2)21-26-14-12-17-30(26)20-25-13-11-15-27(18-25)35-6/h11-15,17-18,23-24H,7-10,16,19-22H2,1-6H3. The van der Waals surface area contributed by atoms with Crippen LogP contribution in [0.4, 0.5) is 0 Å². The number of rotatable bonds is 15. The molecule has 0 radical (unpaired) electrons. The molecule has 2 rings (SSSR count). The van der Waals surface area contributed by atoms with E-state index in [-0.39, 0.29) is 24.4 Å². The molecule has 1 aromatic heterocycles. The van der Waals surface area contributed by atoms with Crippen LogP contribution in [0.5, 0.6) is 5.75 Å². The van der Waals surface area contributed by atoms with Crippen LogP contribution in [-0.2, 0) is 22.7 Å². The number of amides is 2. The predicted octanol–water partition coefficient (Wildman–Crippen LogP) is 5.74. The highest BCUT2D eigenvalue weighted by Gasteiger charge is 2.25. The average molecular weight is 484 g/mol. The van der Waals surface area contributed by atoms with E-state index in [2.05, 4.69) is 57.5 Å². The molecule has 0 aliphatic carbocycles. The van der Waals surface area contributed by atoms with Gasteiger partial charge in [-0.3, -0.25) is 9.59 Å². The van der Waals surface area contributed by atoms with Gasteiger partial charge < -0.3 is 19.1 Å². The van der Waals surface area contributed by atoms with E-state index in [4.69, 9.17) is 4.74 Å². The van der Waals surface area contributed by atoms with Gasteiger partial charge in [0.2, 0.25) is 11.8 Å². The molecule has 2 aromatic rings. The highest BCUT2D eigenvalue weighted by atomic mass is 16.5. The molecule has 1 aromatic carbocycles. The van der Waals surface area contributed by atoms with Crippen molar-refractivity contribution >= 4 is 11.8 Å². The van der Waals surface area contributed by atoms with Crippen molar-refractivity contribution in [3.8, 4) is 5.75 Å². The van der Waals surface area contributed by atoms with Gasteiger partial charge >= 0.3 is 0 Å². The van der Waals surface area contributed by atoms with Gasteiger partial charge in [0.05, 0.1) is 20.2 Å². The molecule has 0 aliphatic rings. The Labute approximate surface area is 212 Å². The largest absolute Gasteiger partial charge is 0.497 e. The van der Waals surface area contributed by atoms with Gasteiger partial charge in [0, 0.05) is 37.4 Å². The summed E-state index contributed by atoms with van der Waals surface area (Å²) >= 11 is 0. The van der Waals surface area contributed by atoms with E-state index in [1.165, 1.54) is 0 Å². The van der Waals surface area contributed by atoms with Crippen molar-refractivity contribution < 1.29 is 14.3 Å². The summed E-state index contributed by atoms with van der Waals surface area (Å²) < 4.78 is 7.55. The van der Waals surface area contributed by atoms with Crippen molar-refractivity contribution in [3.63, 3.8) is 0 Å². The van der Waals surface area contributed by atoms with Gasteiger partial charge in [-0.25, -0.2) is 0 Å². The molecule has 6 nitrogen and oxygen atoms in total. The van der Waals surface area contributed by atoms with Crippen molar-refractivity contribution in [2.75, 3.05) is 20.2 Å². The molecule has 1 unspecified atom stereocenters. The first-order valence-corrected chi connectivity index (χ1v) is 13.1. The molecule has 0 saturated heterocycles. The maximum Gasteiger partial charge on any atom is 0.242 e. The number of carbonyl (C=O) groups excluding carboxylic acids is 2. The molecule has 0 aliphatic heterocycles. The third-order valence-corrected chi connectivity index (χ3v) is 6.44. The van der Waals surface area contributed by atoms with Crippen molar-refractivity contribution in [3.05, 3.63) is 53.9 Å². The van der Waals surface area contributed by atoms with Crippen LogP contribution in [-0.4, -0.2) is 52.4 Å². The number of nitrogens with zero attached hydrogens (tertiary/aromatic N) is 3. The van der Waals surface area contributed by atoms with Gasteiger partial charge in [-0.15, -0.1) is 0 Å². The summed E-state index contributed by atoms with van der Waals surface area (Å²) in [6.07, 6.45) is 6.42. The van der Waals surface area contributed by atoms with E-state index in [0.717, 1.165) is 42.7 Å². The topological polar surface area (TPSA) is 54.8 Å². The Balaban J connectivity index is 2.17. The maximum absolute atomic E-state index is 13.6. The Morgan fingerprint density at radius 2 is 1.80 bits per heavy atom. The minimum Gasteiger partial charge on any atom is -0.497 e. The minimum atomic E-state index is 0.0120. The van der Waals surface area contributed by atoms with Crippen molar-refractivity contribution in [1.82, 2.24) is 14.4 Å². The molecule has 2 amide bonds. The molecular formula is C29H45N3O3. The molecule has 6 heteroatoms. The predicted molar refractivity (Wildman–Crippen MR) is 142 cm³/mol. The lowest BCUT2D eigenvalue weighted by molar-refractivity contribution is -0.142. The SMILES string of the molecule is CCCCCC(=O)N(CC(=O)N(Cc1cccn1Cc1cccc(OC)c1)C(C)CC)CC(C)C. The summed E-state index contributed by atoms with van der Waals surface area (Å²) in [5.74, 6) is 1.25. The summed E-state index contributed by atoms with van der Waals surface area (Å²) in [7, 11) is 1.67. The first-order valence-electron chi connectivity index (χ1n) is 13.1. The second-order valence-electron chi connectivity index (χ2n) is 9.88. The van der Waals surface area contributed by atoms with E-state index in [1.807, 2.05) is 29.2 Å². The third kappa shape index (κ3) is 9.08. The fourth-order valence-electron chi connectivity index (χ4n) is 4.23. The number of carbonyl (C=O) groups is 2. The van der Waals surface area contributed by atoms with Crippen LogP contribution >= 0.6 is 0 Å². The minimum absolute atomic E-state index is 0.0120. The second kappa shape index (κ2) is 14.6. The first kappa shape index (κ1) is 28.5. The summed E-state index contributed by atoms with van der Waals surface area (Å²) in [6.45, 7) is 12.5. The quantitative estimate of drug-likeness (QED) is 0.304. The van der Waals surface area contributed by atoms with Gasteiger partial charge in [0.15, 0.2) is 0 Å². The number of aromatic nitrogens is 1. The maximum atomic E-state index is 13.6.